The van der Waals surface area contributed by atoms with Gasteiger partial charge in [-0.1, -0.05) is 36.8 Å². The van der Waals surface area contributed by atoms with Crippen LogP contribution in [0.4, 0.5) is 15.3 Å². The van der Waals surface area contributed by atoms with Crippen molar-refractivity contribution in [2.75, 3.05) is 51.7 Å². The molecule has 2 aromatic rings. The molecule has 0 spiro atoms. The minimum atomic E-state index is -1.03. The SMILES string of the molecule is COC(=O)[C@@H]1CCCCN1C1CCN(C(=O)[C@@H](Cc2cc(C)c(O)c(C)c2)OC(=O)N2CCC(N3CCc4ccccc4NC3=O)CC2)CC1. The second-order valence-corrected chi connectivity index (χ2v) is 14.2. The van der Waals surface area contributed by atoms with Crippen molar-refractivity contribution in [1.29, 1.82) is 0 Å². The molecule has 4 aliphatic rings. The summed E-state index contributed by atoms with van der Waals surface area (Å²) in [5, 5.41) is 13.4. The molecule has 3 saturated heterocycles. The number of carbonyl (C=O) groups is 4. The van der Waals surface area contributed by atoms with Crippen molar-refractivity contribution < 1.29 is 33.8 Å². The Morgan fingerprint density at radius 2 is 1.54 bits per heavy atom. The number of esters is 1. The van der Waals surface area contributed by atoms with Crippen LogP contribution in [-0.2, 0) is 31.9 Å². The van der Waals surface area contributed by atoms with Gasteiger partial charge in [-0.3, -0.25) is 14.5 Å². The molecule has 2 N–H and O–H groups in total. The summed E-state index contributed by atoms with van der Waals surface area (Å²) in [5.41, 5.74) is 4.16. The summed E-state index contributed by atoms with van der Waals surface area (Å²) >= 11 is 0. The molecule has 2 aromatic carbocycles. The quantitative estimate of drug-likeness (QED) is 0.403. The zero-order valence-corrected chi connectivity index (χ0v) is 29.6. The highest BCUT2D eigenvalue weighted by atomic mass is 16.6. The summed E-state index contributed by atoms with van der Waals surface area (Å²) in [5.74, 6) is -0.221. The molecule has 0 radical (unpaired) electrons. The summed E-state index contributed by atoms with van der Waals surface area (Å²) in [6.45, 7) is 6.92. The van der Waals surface area contributed by atoms with E-state index in [9.17, 15) is 24.3 Å². The van der Waals surface area contributed by atoms with Crippen LogP contribution in [-0.4, -0.2) is 119 Å². The molecule has 0 unspecified atom stereocenters. The fourth-order valence-electron chi connectivity index (χ4n) is 8.25. The molecule has 2 atom stereocenters. The van der Waals surface area contributed by atoms with Crippen LogP contribution >= 0.6 is 0 Å². The number of likely N-dealkylation sites (tertiary alicyclic amines) is 3. The lowest BCUT2D eigenvalue weighted by Crippen LogP contribution is -2.55. The second kappa shape index (κ2) is 15.7. The van der Waals surface area contributed by atoms with Gasteiger partial charge in [-0.05, 0) is 93.7 Å². The number of urea groups is 1. The van der Waals surface area contributed by atoms with Crippen LogP contribution in [0.5, 0.6) is 5.75 Å². The smallest absolute Gasteiger partial charge is 0.410 e. The predicted molar refractivity (Wildman–Crippen MR) is 188 cm³/mol. The predicted octanol–water partition coefficient (Wildman–Crippen LogP) is 4.63. The van der Waals surface area contributed by atoms with Gasteiger partial charge < -0.3 is 34.6 Å². The first-order valence-electron chi connectivity index (χ1n) is 18.2. The summed E-state index contributed by atoms with van der Waals surface area (Å²) in [4.78, 5) is 61.0. The third-order valence-corrected chi connectivity index (χ3v) is 11.1. The van der Waals surface area contributed by atoms with E-state index in [1.54, 1.807) is 9.80 Å². The van der Waals surface area contributed by atoms with E-state index in [1.807, 2.05) is 55.1 Å². The number of ether oxygens (including phenoxy) is 2. The number of fused-ring (bicyclic) bond motifs is 1. The monoisotopic (exact) mass is 689 g/mol. The molecule has 0 aliphatic carbocycles. The number of methoxy groups -OCH3 is 1. The molecule has 50 heavy (non-hydrogen) atoms. The molecule has 0 saturated carbocycles. The number of nitrogens with one attached hydrogen (secondary N) is 1. The number of piperidine rings is 3. The Bertz CT molecular complexity index is 1540. The highest BCUT2D eigenvalue weighted by molar-refractivity contribution is 5.91. The number of carbonyl (C=O) groups excluding carboxylic acids is 4. The first-order chi connectivity index (χ1) is 24.1. The van der Waals surface area contributed by atoms with E-state index in [4.69, 9.17) is 9.47 Å². The van der Waals surface area contributed by atoms with Crippen molar-refractivity contribution in [3.8, 4) is 5.75 Å². The van der Waals surface area contributed by atoms with Gasteiger partial charge in [0.05, 0.1) is 7.11 Å². The maximum Gasteiger partial charge on any atom is 0.410 e. The number of hydrogen-bond acceptors (Lipinski definition) is 8. The van der Waals surface area contributed by atoms with Crippen molar-refractivity contribution in [3.05, 3.63) is 58.7 Å². The standard InChI is InChI=1S/C38H51N5O7/c1-25-22-27(23-26(2)34(25)44)24-33(35(45)40-17-12-29(13-18-40)42-16-7-6-10-32(42)36(46)49-3)50-38(48)41-19-14-30(15-20-41)43-21-11-28-8-4-5-9-31(28)39-37(43)47/h4-5,8-9,22-23,29-30,32-33,44H,6-7,10-21,24H2,1-3H3,(H,39,47)/t32-,33+/m0/s1. The Morgan fingerprint density at radius 3 is 2.24 bits per heavy atom. The van der Waals surface area contributed by atoms with Crippen molar-refractivity contribution in [1.82, 2.24) is 19.6 Å². The molecule has 6 rings (SSSR count). The lowest BCUT2D eigenvalue weighted by atomic mass is 9.94. The number of aryl methyl sites for hydroxylation is 2. The number of hydrogen-bond donors (Lipinski definition) is 2. The molecule has 4 amide bonds. The zero-order valence-electron chi connectivity index (χ0n) is 29.6. The number of phenolic OH excluding ortho intramolecular Hbond substituents is 1. The Kier molecular flexibility index (Phi) is 11.2. The number of rotatable bonds is 7. The van der Waals surface area contributed by atoms with E-state index in [2.05, 4.69) is 10.2 Å². The maximum absolute atomic E-state index is 14.1. The van der Waals surface area contributed by atoms with E-state index < -0.39 is 12.2 Å². The summed E-state index contributed by atoms with van der Waals surface area (Å²) in [6.07, 6.45) is 4.87. The van der Waals surface area contributed by atoms with Crippen molar-refractivity contribution in [2.24, 2.45) is 0 Å². The number of phenols is 1. The fourth-order valence-corrected chi connectivity index (χ4v) is 8.25. The Hall–Kier alpha value is -4.32. The molecule has 0 bridgehead atoms. The first kappa shape index (κ1) is 35.5. The summed E-state index contributed by atoms with van der Waals surface area (Å²) in [6, 6.07) is 11.3. The van der Waals surface area contributed by atoms with Crippen LogP contribution in [0.15, 0.2) is 36.4 Å². The topological polar surface area (TPSA) is 132 Å². The van der Waals surface area contributed by atoms with E-state index in [0.717, 1.165) is 61.9 Å². The van der Waals surface area contributed by atoms with E-state index >= 15 is 0 Å². The van der Waals surface area contributed by atoms with Gasteiger partial charge in [0.25, 0.3) is 5.91 Å². The molecule has 270 valence electrons. The maximum atomic E-state index is 14.1. The molecular formula is C38H51N5O7. The summed E-state index contributed by atoms with van der Waals surface area (Å²) in [7, 11) is 1.44. The minimum Gasteiger partial charge on any atom is -0.507 e. The number of nitrogens with zero attached hydrogens (tertiary/aromatic N) is 4. The van der Waals surface area contributed by atoms with E-state index in [-0.39, 0.29) is 48.2 Å². The average Bonchev–Trinajstić information content (AvgIpc) is 3.31. The molecular weight excluding hydrogens is 638 g/mol. The van der Waals surface area contributed by atoms with Gasteiger partial charge in [0.2, 0.25) is 0 Å². The lowest BCUT2D eigenvalue weighted by Gasteiger charge is -2.44. The molecule has 3 fully saturated rings. The van der Waals surface area contributed by atoms with Crippen LogP contribution in [0.1, 0.15) is 67.2 Å². The molecule has 12 nitrogen and oxygen atoms in total. The van der Waals surface area contributed by atoms with Crippen molar-refractivity contribution in [3.63, 3.8) is 0 Å². The minimum absolute atomic E-state index is 0.00582. The normalized spacial score (nSPS) is 21.5. The highest BCUT2D eigenvalue weighted by Gasteiger charge is 2.39. The Morgan fingerprint density at radius 1 is 0.880 bits per heavy atom. The lowest BCUT2D eigenvalue weighted by molar-refractivity contribution is -0.151. The number of aromatic hydroxyl groups is 1. The van der Waals surface area contributed by atoms with Gasteiger partial charge in [0.1, 0.15) is 11.8 Å². The van der Waals surface area contributed by atoms with Crippen molar-refractivity contribution in [2.45, 2.75) is 95.9 Å². The van der Waals surface area contributed by atoms with Gasteiger partial charge >= 0.3 is 18.1 Å². The third kappa shape index (κ3) is 7.85. The van der Waals surface area contributed by atoms with Crippen LogP contribution in [0.3, 0.4) is 0 Å². The molecule has 4 heterocycles. The number of anilines is 1. The van der Waals surface area contributed by atoms with Crippen LogP contribution < -0.4 is 5.32 Å². The van der Waals surface area contributed by atoms with Gasteiger partial charge in [-0.25, -0.2) is 9.59 Å². The number of benzene rings is 2. The first-order valence-corrected chi connectivity index (χ1v) is 18.2. The van der Waals surface area contributed by atoms with Crippen LogP contribution in [0.2, 0.25) is 0 Å². The zero-order chi connectivity index (χ0) is 35.4. The molecule has 0 aromatic heterocycles. The van der Waals surface area contributed by atoms with E-state index in [1.165, 1.54) is 7.11 Å². The average molecular weight is 690 g/mol. The number of para-hydroxylation sites is 1. The van der Waals surface area contributed by atoms with Crippen molar-refractivity contribution >= 4 is 29.7 Å². The largest absolute Gasteiger partial charge is 0.507 e. The molecule has 4 aliphatic heterocycles. The van der Waals surface area contributed by atoms with Gasteiger partial charge in [-0.2, -0.15) is 0 Å². The number of amides is 4. The Balaban J connectivity index is 1.09. The summed E-state index contributed by atoms with van der Waals surface area (Å²) < 4.78 is 11.2. The molecule has 12 heteroatoms. The van der Waals surface area contributed by atoms with Gasteiger partial charge in [-0.15, -0.1) is 0 Å². The Labute approximate surface area is 294 Å². The fraction of sp³-hybridized carbons (Fsp3) is 0.579. The van der Waals surface area contributed by atoms with Gasteiger partial charge in [0.15, 0.2) is 6.10 Å². The van der Waals surface area contributed by atoms with Gasteiger partial charge in [0, 0.05) is 56.9 Å². The second-order valence-electron chi connectivity index (χ2n) is 14.2. The van der Waals surface area contributed by atoms with E-state index in [0.29, 0.717) is 56.7 Å². The van der Waals surface area contributed by atoms with Crippen LogP contribution in [0, 0.1) is 13.8 Å². The van der Waals surface area contributed by atoms with Crippen LogP contribution in [0.25, 0.3) is 0 Å². The third-order valence-electron chi connectivity index (χ3n) is 11.1. The highest BCUT2D eigenvalue weighted by Crippen LogP contribution is 2.29.